The van der Waals surface area contributed by atoms with Crippen LogP contribution < -0.4 is 5.32 Å². The number of nitrogens with zero attached hydrogens (tertiary/aromatic N) is 5. The van der Waals surface area contributed by atoms with Gasteiger partial charge in [-0.2, -0.15) is 5.10 Å². The Morgan fingerprint density at radius 2 is 2.17 bits per heavy atom. The summed E-state index contributed by atoms with van der Waals surface area (Å²) < 4.78 is 1.97. The van der Waals surface area contributed by atoms with Crippen molar-refractivity contribution in [3.05, 3.63) is 18.0 Å². The lowest BCUT2D eigenvalue weighted by Crippen LogP contribution is -2.42. The van der Waals surface area contributed by atoms with Gasteiger partial charge >= 0.3 is 0 Å². The molecule has 2 saturated heterocycles. The summed E-state index contributed by atoms with van der Waals surface area (Å²) in [7, 11) is 0. The molecule has 1 N–H and O–H groups in total. The highest BCUT2D eigenvalue weighted by Crippen LogP contribution is 2.20. The molecule has 6 nitrogen and oxygen atoms in total. The van der Waals surface area contributed by atoms with Crippen molar-refractivity contribution in [2.45, 2.75) is 45.7 Å². The van der Waals surface area contributed by atoms with E-state index >= 15 is 0 Å². The Bertz CT molecular complexity index is 517. The second-order valence-corrected chi connectivity index (χ2v) is 6.65. The van der Waals surface area contributed by atoms with Gasteiger partial charge in [-0.15, -0.1) is 0 Å². The predicted octanol–water partition coefficient (Wildman–Crippen LogP) is 1.33. The van der Waals surface area contributed by atoms with Crippen molar-refractivity contribution in [1.82, 2.24) is 24.9 Å². The van der Waals surface area contributed by atoms with Crippen LogP contribution >= 0.6 is 0 Å². The molecule has 128 valence electrons. The van der Waals surface area contributed by atoms with Crippen LogP contribution in [0.25, 0.3) is 0 Å². The second kappa shape index (κ2) is 7.81. The first-order valence-corrected chi connectivity index (χ1v) is 9.02. The molecule has 0 aromatic carbocycles. The van der Waals surface area contributed by atoms with E-state index in [9.17, 15) is 0 Å². The first-order valence-electron chi connectivity index (χ1n) is 9.02. The van der Waals surface area contributed by atoms with E-state index in [-0.39, 0.29) is 0 Å². The maximum absolute atomic E-state index is 4.81. The highest BCUT2D eigenvalue weighted by Gasteiger charge is 2.30. The third-order valence-corrected chi connectivity index (χ3v) is 4.81. The topological polar surface area (TPSA) is 48.7 Å². The van der Waals surface area contributed by atoms with Crippen LogP contribution in [0.4, 0.5) is 0 Å². The lowest BCUT2D eigenvalue weighted by Gasteiger charge is -2.25. The van der Waals surface area contributed by atoms with Crippen molar-refractivity contribution < 1.29 is 0 Å². The fraction of sp³-hybridized carbons (Fsp3) is 0.765. The molecule has 0 bridgehead atoms. The van der Waals surface area contributed by atoms with E-state index in [0.717, 1.165) is 44.7 Å². The van der Waals surface area contributed by atoms with Gasteiger partial charge in [0.1, 0.15) is 0 Å². The van der Waals surface area contributed by atoms with Crippen LogP contribution in [0.3, 0.4) is 0 Å². The summed E-state index contributed by atoms with van der Waals surface area (Å²) in [6.07, 6.45) is 7.97. The summed E-state index contributed by atoms with van der Waals surface area (Å²) in [5.41, 5.74) is 1.20. The average Bonchev–Trinajstić information content (AvgIpc) is 3.27. The molecular weight excluding hydrogens is 288 g/mol. The number of aryl methyl sites for hydroxylation is 1. The fourth-order valence-electron chi connectivity index (χ4n) is 3.61. The van der Waals surface area contributed by atoms with Gasteiger partial charge in [0, 0.05) is 31.9 Å². The van der Waals surface area contributed by atoms with E-state index in [1.54, 1.807) is 0 Å². The zero-order valence-corrected chi connectivity index (χ0v) is 14.5. The van der Waals surface area contributed by atoms with Crippen molar-refractivity contribution in [2.75, 3.05) is 39.3 Å². The minimum atomic E-state index is 0.718. The van der Waals surface area contributed by atoms with Crippen molar-refractivity contribution in [3.8, 4) is 0 Å². The van der Waals surface area contributed by atoms with Crippen molar-refractivity contribution in [3.63, 3.8) is 0 Å². The normalized spacial score (nSPS) is 23.0. The van der Waals surface area contributed by atoms with Gasteiger partial charge in [0.15, 0.2) is 5.96 Å². The highest BCUT2D eigenvalue weighted by atomic mass is 15.3. The van der Waals surface area contributed by atoms with Crippen molar-refractivity contribution in [1.29, 1.82) is 0 Å². The minimum absolute atomic E-state index is 0.718. The van der Waals surface area contributed by atoms with Gasteiger partial charge in [-0.3, -0.25) is 14.6 Å². The third kappa shape index (κ3) is 4.25. The monoisotopic (exact) mass is 318 g/mol. The van der Waals surface area contributed by atoms with E-state index in [0.29, 0.717) is 0 Å². The number of hydrogen-bond acceptors (Lipinski definition) is 3. The molecule has 1 aromatic heterocycles. The number of guanidine groups is 1. The summed E-state index contributed by atoms with van der Waals surface area (Å²) in [6, 6.07) is 0.718. The Balaban J connectivity index is 1.54. The van der Waals surface area contributed by atoms with Crippen molar-refractivity contribution >= 4 is 5.96 Å². The highest BCUT2D eigenvalue weighted by molar-refractivity contribution is 5.80. The molecule has 2 aliphatic rings. The number of nitrogens with one attached hydrogen (secondary N) is 1. The van der Waals surface area contributed by atoms with E-state index in [4.69, 9.17) is 4.99 Å². The second-order valence-electron chi connectivity index (χ2n) is 6.65. The summed E-state index contributed by atoms with van der Waals surface area (Å²) >= 11 is 0. The Kier molecular flexibility index (Phi) is 5.54. The molecule has 1 atom stereocenters. The lowest BCUT2D eigenvalue weighted by molar-refractivity contribution is 0.249. The van der Waals surface area contributed by atoms with Gasteiger partial charge in [0.25, 0.3) is 0 Å². The molecule has 0 saturated carbocycles. The van der Waals surface area contributed by atoms with Gasteiger partial charge in [-0.25, -0.2) is 0 Å². The summed E-state index contributed by atoms with van der Waals surface area (Å²) in [5.74, 6) is 1.07. The van der Waals surface area contributed by atoms with E-state index in [2.05, 4.69) is 40.3 Å². The zero-order valence-electron chi connectivity index (χ0n) is 14.5. The van der Waals surface area contributed by atoms with Gasteiger partial charge in [-0.05, 0) is 51.8 Å². The molecule has 0 amide bonds. The van der Waals surface area contributed by atoms with E-state index in [1.165, 1.54) is 37.9 Å². The first kappa shape index (κ1) is 16.3. The summed E-state index contributed by atoms with van der Waals surface area (Å²) in [5, 5.41) is 7.78. The molecule has 3 heterocycles. The van der Waals surface area contributed by atoms with Crippen LogP contribution in [0.5, 0.6) is 0 Å². The molecule has 23 heavy (non-hydrogen) atoms. The molecule has 2 aliphatic heterocycles. The Labute approximate surface area is 139 Å². The Morgan fingerprint density at radius 1 is 1.35 bits per heavy atom. The predicted molar refractivity (Wildman–Crippen MR) is 93.7 cm³/mol. The molecule has 0 aliphatic carbocycles. The minimum Gasteiger partial charge on any atom is -0.357 e. The quantitative estimate of drug-likeness (QED) is 0.657. The standard InChI is InChI=1S/C17H30N6/c1-3-18-17(19-7-11-23-13-15(2)12-20-23)22-10-6-16(14-22)21-8-4-5-9-21/h12-13,16H,3-11,14H2,1-2H3,(H,18,19). The van der Waals surface area contributed by atoms with Gasteiger partial charge in [0.05, 0.1) is 19.3 Å². The summed E-state index contributed by atoms with van der Waals surface area (Å²) in [4.78, 5) is 9.91. The average molecular weight is 318 g/mol. The van der Waals surface area contributed by atoms with Gasteiger partial charge in [-0.1, -0.05) is 0 Å². The number of hydrogen-bond donors (Lipinski definition) is 1. The van der Waals surface area contributed by atoms with Crippen LogP contribution in [0.15, 0.2) is 17.4 Å². The van der Waals surface area contributed by atoms with Crippen molar-refractivity contribution in [2.24, 2.45) is 4.99 Å². The Morgan fingerprint density at radius 3 is 2.87 bits per heavy atom. The molecule has 0 spiro atoms. The third-order valence-electron chi connectivity index (χ3n) is 4.81. The maximum atomic E-state index is 4.81. The molecule has 3 rings (SSSR count). The molecule has 1 unspecified atom stereocenters. The number of likely N-dealkylation sites (tertiary alicyclic amines) is 2. The van der Waals surface area contributed by atoms with Gasteiger partial charge < -0.3 is 10.2 Å². The van der Waals surface area contributed by atoms with Gasteiger partial charge in [0.2, 0.25) is 0 Å². The molecule has 2 fully saturated rings. The molecule has 6 heteroatoms. The fourth-order valence-corrected chi connectivity index (χ4v) is 3.61. The van der Waals surface area contributed by atoms with Crippen LogP contribution in [0, 0.1) is 6.92 Å². The molecule has 1 aromatic rings. The van der Waals surface area contributed by atoms with Crippen LogP contribution in [0.1, 0.15) is 31.7 Å². The van der Waals surface area contributed by atoms with Crippen LogP contribution in [-0.2, 0) is 6.54 Å². The largest absolute Gasteiger partial charge is 0.357 e. The number of aromatic nitrogens is 2. The smallest absolute Gasteiger partial charge is 0.194 e. The SMILES string of the molecule is CCNC(=NCCn1cc(C)cn1)N1CCC(N2CCCC2)C1. The molecule has 0 radical (unpaired) electrons. The number of aliphatic imine (C=N–C) groups is 1. The lowest BCUT2D eigenvalue weighted by atomic mass is 10.2. The molecular formula is C17H30N6. The zero-order chi connectivity index (χ0) is 16.1. The van der Waals surface area contributed by atoms with Crippen LogP contribution in [-0.4, -0.2) is 70.9 Å². The van der Waals surface area contributed by atoms with E-state index in [1.807, 2.05) is 10.9 Å². The van der Waals surface area contributed by atoms with Crippen LogP contribution in [0.2, 0.25) is 0 Å². The first-order chi connectivity index (χ1) is 11.3. The maximum Gasteiger partial charge on any atom is 0.194 e. The summed E-state index contributed by atoms with van der Waals surface area (Å²) in [6.45, 7) is 11.5. The van der Waals surface area contributed by atoms with E-state index < -0.39 is 0 Å². The Hall–Kier alpha value is -1.56. The number of rotatable bonds is 5.